The van der Waals surface area contributed by atoms with Crippen LogP contribution in [0.4, 0.5) is 0 Å². The van der Waals surface area contributed by atoms with Gasteiger partial charge in [0.25, 0.3) is 0 Å². The van der Waals surface area contributed by atoms with Gasteiger partial charge in [0.2, 0.25) is 0 Å². The van der Waals surface area contributed by atoms with Crippen molar-refractivity contribution in [3.05, 3.63) is 0 Å². The molecule has 0 saturated carbocycles. The highest BCUT2D eigenvalue weighted by molar-refractivity contribution is 4.84. The van der Waals surface area contributed by atoms with Crippen molar-refractivity contribution in [2.24, 2.45) is 5.73 Å². The molecule has 0 spiro atoms. The summed E-state index contributed by atoms with van der Waals surface area (Å²) in [6, 6.07) is 0.0568. The van der Waals surface area contributed by atoms with Gasteiger partial charge in [0, 0.05) is 25.2 Å². The molecule has 0 aromatic heterocycles. The Bertz CT molecular complexity index is 166. The van der Waals surface area contributed by atoms with E-state index in [1.807, 2.05) is 6.92 Å². The van der Waals surface area contributed by atoms with Gasteiger partial charge in [-0.1, -0.05) is 0 Å². The first-order valence-electron chi connectivity index (χ1n) is 5.30. The van der Waals surface area contributed by atoms with Crippen LogP contribution in [0.25, 0.3) is 0 Å². The fourth-order valence-electron chi connectivity index (χ4n) is 2.10. The maximum Gasteiger partial charge on any atom is 0.0678 e. The van der Waals surface area contributed by atoms with Gasteiger partial charge in [0.1, 0.15) is 0 Å². The number of ether oxygens (including phenoxy) is 1. The Kier molecular flexibility index (Phi) is 4.31. The quantitative estimate of drug-likeness (QED) is 0.665. The third-order valence-electron chi connectivity index (χ3n) is 2.71. The highest BCUT2D eigenvalue weighted by Crippen LogP contribution is 2.14. The van der Waals surface area contributed by atoms with Crippen molar-refractivity contribution in [1.82, 2.24) is 4.90 Å². The molecule has 3 N–H and O–H groups in total. The van der Waals surface area contributed by atoms with Gasteiger partial charge in [-0.15, -0.1) is 0 Å². The van der Waals surface area contributed by atoms with Crippen molar-refractivity contribution in [1.29, 1.82) is 0 Å². The fourth-order valence-corrected chi connectivity index (χ4v) is 2.10. The topological polar surface area (TPSA) is 58.7 Å². The van der Waals surface area contributed by atoms with Gasteiger partial charge >= 0.3 is 0 Å². The lowest BCUT2D eigenvalue weighted by Gasteiger charge is -2.40. The molecule has 0 radical (unpaired) electrons. The van der Waals surface area contributed by atoms with Crippen LogP contribution in [0, 0.1) is 0 Å². The molecule has 1 aliphatic rings. The number of nitrogens with two attached hydrogens (primary N) is 1. The molecule has 4 nitrogen and oxygen atoms in total. The summed E-state index contributed by atoms with van der Waals surface area (Å²) in [5, 5.41) is 9.26. The summed E-state index contributed by atoms with van der Waals surface area (Å²) in [5.74, 6) is 0. The monoisotopic (exact) mass is 202 g/mol. The second-order valence-electron chi connectivity index (χ2n) is 4.32. The largest absolute Gasteiger partial charge is 0.395 e. The lowest BCUT2D eigenvalue weighted by atomic mass is 10.1. The van der Waals surface area contributed by atoms with Gasteiger partial charge in [-0.3, -0.25) is 4.90 Å². The van der Waals surface area contributed by atoms with Gasteiger partial charge in [0.05, 0.1) is 18.8 Å². The van der Waals surface area contributed by atoms with Crippen molar-refractivity contribution >= 4 is 0 Å². The molecule has 1 rings (SSSR count). The number of aliphatic hydroxyl groups is 1. The van der Waals surface area contributed by atoms with E-state index in [9.17, 15) is 5.11 Å². The van der Waals surface area contributed by atoms with Crippen LogP contribution in [-0.4, -0.2) is 54.0 Å². The number of nitrogens with zero attached hydrogens (tertiary/aromatic N) is 1. The third kappa shape index (κ3) is 2.92. The van der Waals surface area contributed by atoms with Crippen LogP contribution in [-0.2, 0) is 4.74 Å². The first kappa shape index (κ1) is 11.9. The molecule has 0 aliphatic carbocycles. The maximum atomic E-state index is 9.26. The summed E-state index contributed by atoms with van der Waals surface area (Å²) in [7, 11) is 0. The molecule has 84 valence electrons. The number of morpholine rings is 1. The van der Waals surface area contributed by atoms with E-state index in [4.69, 9.17) is 10.5 Å². The summed E-state index contributed by atoms with van der Waals surface area (Å²) < 4.78 is 5.63. The first-order valence-corrected chi connectivity index (χ1v) is 5.30. The van der Waals surface area contributed by atoms with Gasteiger partial charge in [-0.2, -0.15) is 0 Å². The lowest BCUT2D eigenvalue weighted by molar-refractivity contribution is -0.0878. The molecule has 1 heterocycles. The van der Waals surface area contributed by atoms with Crippen LogP contribution >= 0.6 is 0 Å². The molecule has 0 aromatic carbocycles. The predicted molar refractivity (Wildman–Crippen MR) is 56.1 cm³/mol. The van der Waals surface area contributed by atoms with Gasteiger partial charge < -0.3 is 15.6 Å². The summed E-state index contributed by atoms with van der Waals surface area (Å²) in [5.41, 5.74) is 5.83. The second-order valence-corrected chi connectivity index (χ2v) is 4.32. The molecule has 1 fully saturated rings. The van der Waals surface area contributed by atoms with Gasteiger partial charge in [-0.25, -0.2) is 0 Å². The Morgan fingerprint density at radius 3 is 2.29 bits per heavy atom. The molecule has 4 atom stereocenters. The first-order chi connectivity index (χ1) is 6.54. The minimum absolute atomic E-state index is 0.00231. The van der Waals surface area contributed by atoms with E-state index in [2.05, 4.69) is 18.7 Å². The molecular weight excluding hydrogens is 180 g/mol. The Morgan fingerprint density at radius 2 is 1.93 bits per heavy atom. The van der Waals surface area contributed by atoms with Gasteiger partial charge in [0.15, 0.2) is 0 Å². The molecule has 0 bridgehead atoms. The zero-order valence-electron chi connectivity index (χ0n) is 9.31. The molecule has 2 unspecified atom stereocenters. The fraction of sp³-hybridized carbons (Fsp3) is 1.00. The van der Waals surface area contributed by atoms with Crippen LogP contribution < -0.4 is 5.73 Å². The number of hydrogen-bond acceptors (Lipinski definition) is 4. The van der Waals surface area contributed by atoms with Crippen molar-refractivity contribution in [3.63, 3.8) is 0 Å². The molecule has 1 aliphatic heterocycles. The highest BCUT2D eigenvalue weighted by Gasteiger charge is 2.29. The minimum atomic E-state index is -0.00231. The van der Waals surface area contributed by atoms with E-state index in [1.54, 1.807) is 0 Å². The van der Waals surface area contributed by atoms with Crippen LogP contribution in [0.3, 0.4) is 0 Å². The van der Waals surface area contributed by atoms with E-state index in [1.165, 1.54) is 0 Å². The summed E-state index contributed by atoms with van der Waals surface area (Å²) >= 11 is 0. The lowest BCUT2D eigenvalue weighted by Crippen LogP contribution is -2.56. The van der Waals surface area contributed by atoms with Crippen molar-refractivity contribution in [3.8, 4) is 0 Å². The van der Waals surface area contributed by atoms with E-state index >= 15 is 0 Å². The Morgan fingerprint density at radius 1 is 1.43 bits per heavy atom. The van der Waals surface area contributed by atoms with E-state index in [0.29, 0.717) is 0 Å². The summed E-state index contributed by atoms with van der Waals surface area (Å²) in [6.07, 6.45) is 0.457. The van der Waals surface area contributed by atoms with Crippen LogP contribution in [0.15, 0.2) is 0 Å². The van der Waals surface area contributed by atoms with Crippen molar-refractivity contribution < 1.29 is 9.84 Å². The SMILES string of the molecule is CC(N)C(CO)N1C[C@@H](C)O[C@@H](C)C1. The molecule has 1 saturated heterocycles. The van der Waals surface area contributed by atoms with E-state index < -0.39 is 0 Å². The van der Waals surface area contributed by atoms with Crippen LogP contribution in [0.5, 0.6) is 0 Å². The zero-order chi connectivity index (χ0) is 10.7. The second kappa shape index (κ2) is 5.07. The Balaban J connectivity index is 2.56. The Labute approximate surface area is 86.0 Å². The highest BCUT2D eigenvalue weighted by atomic mass is 16.5. The van der Waals surface area contributed by atoms with Crippen molar-refractivity contribution in [2.75, 3.05) is 19.7 Å². The summed E-state index contributed by atoms with van der Waals surface area (Å²) in [6.45, 7) is 7.88. The Hall–Kier alpha value is -0.160. The predicted octanol–water partition coefficient (Wildman–Crippen LogP) is -0.196. The average Bonchev–Trinajstić information content (AvgIpc) is 2.02. The van der Waals surface area contributed by atoms with E-state index in [0.717, 1.165) is 13.1 Å². The number of aliphatic hydroxyl groups excluding tert-OH is 1. The van der Waals surface area contributed by atoms with Crippen molar-refractivity contribution in [2.45, 2.75) is 45.1 Å². The molecule has 0 aromatic rings. The number of hydrogen-bond donors (Lipinski definition) is 2. The molecule has 0 amide bonds. The van der Waals surface area contributed by atoms with Crippen LogP contribution in [0.1, 0.15) is 20.8 Å². The molecular formula is C10H22N2O2. The smallest absolute Gasteiger partial charge is 0.0678 e. The zero-order valence-corrected chi connectivity index (χ0v) is 9.31. The normalized spacial score (nSPS) is 34.1. The summed E-state index contributed by atoms with van der Waals surface area (Å²) in [4.78, 5) is 2.23. The average molecular weight is 202 g/mol. The van der Waals surface area contributed by atoms with E-state index in [-0.39, 0.29) is 30.9 Å². The molecule has 4 heteroatoms. The maximum absolute atomic E-state index is 9.26. The third-order valence-corrected chi connectivity index (χ3v) is 2.71. The molecule has 14 heavy (non-hydrogen) atoms. The number of rotatable bonds is 3. The standard InChI is InChI=1S/C10H22N2O2/c1-7-4-12(5-8(2)14-7)10(6-13)9(3)11/h7-10,13H,4-6,11H2,1-3H3/t7-,8+,9?,10?. The minimum Gasteiger partial charge on any atom is -0.395 e. The van der Waals surface area contributed by atoms with Gasteiger partial charge in [-0.05, 0) is 20.8 Å². The van der Waals surface area contributed by atoms with Crippen LogP contribution in [0.2, 0.25) is 0 Å².